The van der Waals surface area contributed by atoms with E-state index >= 15 is 0 Å². The summed E-state index contributed by atoms with van der Waals surface area (Å²) in [6.07, 6.45) is 54.9. The summed E-state index contributed by atoms with van der Waals surface area (Å²) < 4.78 is 5.92. The molecule has 0 aromatic rings. The summed E-state index contributed by atoms with van der Waals surface area (Å²) >= 11 is 0. The number of carbonyl (C=O) groups excluding carboxylic acids is 2. The zero-order valence-electron chi connectivity index (χ0n) is 39.4. The third-order valence-electron chi connectivity index (χ3n) is 11.7. The van der Waals surface area contributed by atoms with Crippen LogP contribution in [0.1, 0.15) is 265 Å². The fraction of sp³-hybridized carbons (Fsp3) is 0.849. The number of aliphatic hydroxyl groups excluding tert-OH is 2. The number of amides is 1. The molecular formula is C53H99NO5. The third kappa shape index (κ3) is 42.6. The average Bonchev–Trinajstić information content (AvgIpc) is 3.23. The van der Waals surface area contributed by atoms with Gasteiger partial charge in [-0.2, -0.15) is 0 Å². The fourth-order valence-electron chi connectivity index (χ4n) is 7.82. The van der Waals surface area contributed by atoms with Crippen molar-refractivity contribution in [2.24, 2.45) is 0 Å². The maximum absolute atomic E-state index is 13.2. The first kappa shape index (κ1) is 57.1. The first-order valence-electron chi connectivity index (χ1n) is 25.7. The second-order valence-corrected chi connectivity index (χ2v) is 17.5. The maximum atomic E-state index is 13.2. The topological polar surface area (TPSA) is 95.9 Å². The first-order valence-corrected chi connectivity index (χ1v) is 25.7. The van der Waals surface area contributed by atoms with Gasteiger partial charge in [-0.15, -0.1) is 0 Å². The minimum atomic E-state index is -0.790. The molecule has 0 aromatic heterocycles. The lowest BCUT2D eigenvalue weighted by Gasteiger charge is -2.24. The molecule has 0 aliphatic rings. The number of rotatable bonds is 46. The molecule has 0 aromatic carbocycles. The molecule has 6 nitrogen and oxygen atoms in total. The maximum Gasteiger partial charge on any atom is 0.306 e. The molecule has 0 radical (unpaired) electrons. The van der Waals surface area contributed by atoms with Crippen LogP contribution in [-0.4, -0.2) is 46.9 Å². The summed E-state index contributed by atoms with van der Waals surface area (Å²) in [5, 5.41) is 23.7. The summed E-state index contributed by atoms with van der Waals surface area (Å²) in [6.45, 7) is 6.37. The molecule has 0 aliphatic carbocycles. The Morgan fingerprint density at radius 2 is 0.915 bits per heavy atom. The van der Waals surface area contributed by atoms with E-state index in [1.165, 1.54) is 141 Å². The lowest BCUT2D eigenvalue weighted by Crippen LogP contribution is -2.46. The molecule has 0 bridgehead atoms. The van der Waals surface area contributed by atoms with Crippen LogP contribution in [0.3, 0.4) is 0 Å². The molecule has 3 N–H and O–H groups in total. The molecule has 0 spiro atoms. The lowest BCUT2D eigenvalue weighted by atomic mass is 10.0. The number of allylic oxidation sites excluding steroid dienone is 6. The average molecular weight is 830 g/mol. The summed E-state index contributed by atoms with van der Waals surface area (Å²) in [5.41, 5.74) is 0. The van der Waals surface area contributed by atoms with Crippen LogP contribution in [0.5, 0.6) is 0 Å². The van der Waals surface area contributed by atoms with E-state index < -0.39 is 18.2 Å². The predicted molar refractivity (Wildman–Crippen MR) is 255 cm³/mol. The number of ether oxygens (including phenoxy) is 1. The van der Waals surface area contributed by atoms with Gasteiger partial charge in [-0.3, -0.25) is 9.59 Å². The van der Waals surface area contributed by atoms with Gasteiger partial charge in [0.05, 0.1) is 25.2 Å². The molecule has 0 aliphatic heterocycles. The van der Waals surface area contributed by atoms with Gasteiger partial charge in [-0.1, -0.05) is 211 Å². The highest BCUT2D eigenvalue weighted by Gasteiger charge is 2.24. The molecule has 3 atom stereocenters. The van der Waals surface area contributed by atoms with Crippen LogP contribution in [0, 0.1) is 0 Å². The smallest absolute Gasteiger partial charge is 0.306 e. The van der Waals surface area contributed by atoms with Gasteiger partial charge < -0.3 is 20.3 Å². The highest BCUT2D eigenvalue weighted by molar-refractivity contribution is 5.77. The largest absolute Gasteiger partial charge is 0.462 e. The Bertz CT molecular complexity index is 977. The Morgan fingerprint density at radius 3 is 1.41 bits per heavy atom. The summed E-state index contributed by atoms with van der Waals surface area (Å²) in [6, 6.07) is -0.704. The number of nitrogens with one attached hydrogen (secondary N) is 1. The third-order valence-corrected chi connectivity index (χ3v) is 11.7. The van der Waals surface area contributed by atoms with Crippen LogP contribution in [0.2, 0.25) is 0 Å². The number of carbonyl (C=O) groups is 2. The van der Waals surface area contributed by atoms with E-state index in [0.717, 1.165) is 77.0 Å². The van der Waals surface area contributed by atoms with Gasteiger partial charge in [0.1, 0.15) is 6.10 Å². The van der Waals surface area contributed by atoms with Crippen LogP contribution < -0.4 is 5.32 Å². The quantitative estimate of drug-likeness (QED) is 0.0323. The van der Waals surface area contributed by atoms with Gasteiger partial charge in [0, 0.05) is 6.42 Å². The highest BCUT2D eigenvalue weighted by atomic mass is 16.5. The molecule has 59 heavy (non-hydrogen) atoms. The standard InChI is InChI=1S/C53H99NO5/c1-4-7-10-13-16-19-22-25-26-28-31-34-37-40-43-46-53(58)59-49(44-41-38-35-32-29-24-21-18-15-12-9-6-3)47-52(57)54-50(48-55)51(56)45-42-39-36-33-30-27-23-20-17-14-11-8-5-2/h9,12,18-19,21-22,49-51,55-56H,4-8,10-11,13-17,20,23-48H2,1-3H3,(H,54,57)/b12-9+,21-18+,22-19-. The zero-order valence-corrected chi connectivity index (χ0v) is 39.4. The second-order valence-electron chi connectivity index (χ2n) is 17.5. The highest BCUT2D eigenvalue weighted by Crippen LogP contribution is 2.18. The van der Waals surface area contributed by atoms with Crippen molar-refractivity contribution in [2.45, 2.75) is 283 Å². The molecule has 0 saturated carbocycles. The van der Waals surface area contributed by atoms with Gasteiger partial charge in [0.15, 0.2) is 0 Å². The van der Waals surface area contributed by atoms with E-state index in [0.29, 0.717) is 19.3 Å². The van der Waals surface area contributed by atoms with E-state index in [1.54, 1.807) is 0 Å². The molecule has 0 saturated heterocycles. The van der Waals surface area contributed by atoms with Crippen molar-refractivity contribution in [1.29, 1.82) is 0 Å². The normalized spacial score (nSPS) is 13.5. The van der Waals surface area contributed by atoms with Gasteiger partial charge >= 0.3 is 5.97 Å². The summed E-state index contributed by atoms with van der Waals surface area (Å²) in [4.78, 5) is 26.1. The Morgan fingerprint density at radius 1 is 0.508 bits per heavy atom. The number of unbranched alkanes of at least 4 members (excludes halogenated alkanes) is 28. The molecule has 0 fully saturated rings. The summed E-state index contributed by atoms with van der Waals surface area (Å²) in [5.74, 6) is -0.486. The lowest BCUT2D eigenvalue weighted by molar-refractivity contribution is -0.151. The SMILES string of the molecule is CC/C=C/C/C=C/CCCCCCCC(CC(=O)NC(CO)C(O)CCCCCCCCCCCCCCC)OC(=O)CCCCCCCCC/C=C\CCCCCC. The second kappa shape index (κ2) is 47.1. The van der Waals surface area contributed by atoms with Crippen molar-refractivity contribution >= 4 is 11.9 Å². The van der Waals surface area contributed by atoms with E-state index in [4.69, 9.17) is 4.74 Å². The fourth-order valence-corrected chi connectivity index (χ4v) is 7.82. The molecule has 346 valence electrons. The molecule has 6 heteroatoms. The Labute approximate surface area is 366 Å². The molecular weight excluding hydrogens is 731 g/mol. The van der Waals surface area contributed by atoms with Crippen molar-refractivity contribution in [1.82, 2.24) is 5.32 Å². The van der Waals surface area contributed by atoms with E-state index in [9.17, 15) is 19.8 Å². The van der Waals surface area contributed by atoms with E-state index in [1.807, 2.05) is 0 Å². The number of hydrogen-bond acceptors (Lipinski definition) is 5. The van der Waals surface area contributed by atoms with E-state index in [-0.39, 0.29) is 24.9 Å². The number of aliphatic hydroxyl groups is 2. The van der Waals surface area contributed by atoms with Gasteiger partial charge in [-0.25, -0.2) is 0 Å². The Kier molecular flexibility index (Phi) is 45.6. The van der Waals surface area contributed by atoms with Crippen LogP contribution in [0.4, 0.5) is 0 Å². The Balaban J connectivity index is 4.55. The predicted octanol–water partition coefficient (Wildman–Crippen LogP) is 15.3. The first-order chi connectivity index (χ1) is 29.0. The van der Waals surface area contributed by atoms with Gasteiger partial charge in [0.25, 0.3) is 0 Å². The van der Waals surface area contributed by atoms with Crippen LogP contribution >= 0.6 is 0 Å². The van der Waals surface area contributed by atoms with Crippen molar-refractivity contribution in [2.75, 3.05) is 6.61 Å². The van der Waals surface area contributed by atoms with Crippen LogP contribution in [0.25, 0.3) is 0 Å². The van der Waals surface area contributed by atoms with Gasteiger partial charge in [-0.05, 0) is 77.0 Å². The van der Waals surface area contributed by atoms with Gasteiger partial charge in [0.2, 0.25) is 5.91 Å². The number of esters is 1. The molecule has 1 amide bonds. The number of hydrogen-bond donors (Lipinski definition) is 3. The minimum Gasteiger partial charge on any atom is -0.462 e. The minimum absolute atomic E-state index is 0.0685. The monoisotopic (exact) mass is 830 g/mol. The van der Waals surface area contributed by atoms with Crippen LogP contribution in [-0.2, 0) is 14.3 Å². The molecule has 3 unspecified atom stereocenters. The zero-order chi connectivity index (χ0) is 43.1. The molecule has 0 heterocycles. The van der Waals surface area contributed by atoms with Crippen molar-refractivity contribution in [3.05, 3.63) is 36.5 Å². The molecule has 0 rings (SSSR count). The van der Waals surface area contributed by atoms with E-state index in [2.05, 4.69) is 62.5 Å². The van der Waals surface area contributed by atoms with Crippen molar-refractivity contribution < 1.29 is 24.5 Å². The Hall–Kier alpha value is -1.92. The van der Waals surface area contributed by atoms with Crippen LogP contribution in [0.15, 0.2) is 36.5 Å². The van der Waals surface area contributed by atoms with Crippen molar-refractivity contribution in [3.63, 3.8) is 0 Å². The summed E-state index contributed by atoms with van der Waals surface area (Å²) in [7, 11) is 0. The van der Waals surface area contributed by atoms with Crippen molar-refractivity contribution in [3.8, 4) is 0 Å².